The molecule has 0 spiro atoms. The molecular formula is C15H19N3O. The Kier molecular flexibility index (Phi) is 2.71. The molecule has 0 saturated heterocycles. The lowest BCUT2D eigenvalue weighted by Gasteiger charge is -2.36. The summed E-state index contributed by atoms with van der Waals surface area (Å²) in [5.74, 6) is 0. The Balaban J connectivity index is 2.11. The lowest BCUT2D eigenvalue weighted by molar-refractivity contribution is -0.0540. The highest BCUT2D eigenvalue weighted by Crippen LogP contribution is 2.52. The molecule has 1 unspecified atom stereocenters. The van der Waals surface area contributed by atoms with Gasteiger partial charge in [-0.3, -0.25) is 0 Å². The zero-order valence-electron chi connectivity index (χ0n) is 11.4. The van der Waals surface area contributed by atoms with Crippen LogP contribution >= 0.6 is 0 Å². The van der Waals surface area contributed by atoms with Gasteiger partial charge in [0, 0.05) is 0 Å². The number of rotatable bonds is 2. The van der Waals surface area contributed by atoms with E-state index < -0.39 is 5.60 Å². The molecule has 1 aliphatic rings. The summed E-state index contributed by atoms with van der Waals surface area (Å²) in [4.78, 5) is 0. The number of nitrogens with zero attached hydrogens (tertiary/aromatic N) is 3. The molecule has 1 aliphatic carbocycles. The largest absolute Gasteiger partial charge is 0.383 e. The van der Waals surface area contributed by atoms with Crippen LogP contribution in [-0.4, -0.2) is 20.1 Å². The quantitative estimate of drug-likeness (QED) is 0.899. The maximum Gasteiger partial charge on any atom is 0.113 e. The van der Waals surface area contributed by atoms with Gasteiger partial charge < -0.3 is 5.11 Å². The van der Waals surface area contributed by atoms with Crippen molar-refractivity contribution in [2.75, 3.05) is 0 Å². The van der Waals surface area contributed by atoms with Gasteiger partial charge in [0.15, 0.2) is 0 Å². The van der Waals surface area contributed by atoms with Crippen molar-refractivity contribution in [1.82, 2.24) is 15.0 Å². The second-order valence-electron chi connectivity index (χ2n) is 5.96. The van der Waals surface area contributed by atoms with Gasteiger partial charge in [0.05, 0.1) is 17.6 Å². The lowest BCUT2D eigenvalue weighted by atomic mass is 9.76. The summed E-state index contributed by atoms with van der Waals surface area (Å²) in [6.07, 6.45) is 4.51. The van der Waals surface area contributed by atoms with E-state index in [0.717, 1.165) is 30.6 Å². The van der Waals surface area contributed by atoms with E-state index in [2.05, 4.69) is 24.2 Å². The minimum absolute atomic E-state index is 0.152. The molecule has 0 amide bonds. The molecule has 1 heterocycles. The molecule has 100 valence electrons. The summed E-state index contributed by atoms with van der Waals surface area (Å²) in [5.41, 5.74) is 0.723. The summed E-state index contributed by atoms with van der Waals surface area (Å²) < 4.78 is 1.76. The molecule has 19 heavy (non-hydrogen) atoms. The van der Waals surface area contributed by atoms with Crippen molar-refractivity contribution in [2.24, 2.45) is 5.41 Å². The average Bonchev–Trinajstić information content (AvgIpc) is 2.97. The summed E-state index contributed by atoms with van der Waals surface area (Å²) in [7, 11) is 0. The third-order valence-electron chi connectivity index (χ3n) is 4.43. The smallest absolute Gasteiger partial charge is 0.113 e. The van der Waals surface area contributed by atoms with Gasteiger partial charge in [-0.25, -0.2) is 4.68 Å². The van der Waals surface area contributed by atoms with E-state index >= 15 is 0 Å². The van der Waals surface area contributed by atoms with Gasteiger partial charge in [-0.05, 0) is 36.8 Å². The van der Waals surface area contributed by atoms with Gasteiger partial charge in [0.2, 0.25) is 0 Å². The molecular weight excluding hydrogens is 238 g/mol. The van der Waals surface area contributed by atoms with Crippen molar-refractivity contribution in [1.29, 1.82) is 0 Å². The molecule has 1 aromatic carbocycles. The number of hydrogen-bond donors (Lipinski definition) is 1. The third kappa shape index (κ3) is 1.78. The fourth-order valence-corrected chi connectivity index (χ4v) is 3.08. The number of aliphatic hydroxyl groups is 1. The zero-order valence-corrected chi connectivity index (χ0v) is 11.4. The molecule has 0 radical (unpaired) electrons. The Hall–Kier alpha value is -1.68. The van der Waals surface area contributed by atoms with Crippen molar-refractivity contribution in [3.05, 3.63) is 42.2 Å². The topological polar surface area (TPSA) is 50.9 Å². The van der Waals surface area contributed by atoms with Crippen LogP contribution in [0.1, 0.15) is 38.8 Å². The van der Waals surface area contributed by atoms with Gasteiger partial charge >= 0.3 is 0 Å². The minimum atomic E-state index is -0.855. The van der Waals surface area contributed by atoms with Crippen LogP contribution in [0.5, 0.6) is 0 Å². The molecule has 1 atom stereocenters. The van der Waals surface area contributed by atoms with Gasteiger partial charge in [0.25, 0.3) is 0 Å². The Labute approximate surface area is 113 Å². The highest BCUT2D eigenvalue weighted by atomic mass is 16.3. The predicted molar refractivity (Wildman–Crippen MR) is 72.9 cm³/mol. The maximum atomic E-state index is 11.1. The van der Waals surface area contributed by atoms with E-state index in [1.165, 1.54) is 0 Å². The van der Waals surface area contributed by atoms with Crippen molar-refractivity contribution >= 4 is 0 Å². The summed E-state index contributed by atoms with van der Waals surface area (Å²) >= 11 is 0. The van der Waals surface area contributed by atoms with Crippen LogP contribution in [0.3, 0.4) is 0 Å². The van der Waals surface area contributed by atoms with Crippen molar-refractivity contribution in [3.63, 3.8) is 0 Å². The van der Waals surface area contributed by atoms with E-state index in [1.807, 2.05) is 30.3 Å². The molecule has 2 aromatic rings. The van der Waals surface area contributed by atoms with Gasteiger partial charge in [0.1, 0.15) is 5.60 Å². The van der Waals surface area contributed by atoms with Crippen molar-refractivity contribution in [3.8, 4) is 5.69 Å². The second kappa shape index (κ2) is 4.17. The molecule has 4 heteroatoms. The van der Waals surface area contributed by atoms with Crippen LogP contribution in [0.25, 0.3) is 5.69 Å². The van der Waals surface area contributed by atoms with E-state index in [0.29, 0.717) is 0 Å². The highest BCUT2D eigenvalue weighted by Gasteiger charge is 2.50. The number of benzene rings is 1. The Morgan fingerprint density at radius 1 is 1.16 bits per heavy atom. The first-order chi connectivity index (χ1) is 9.05. The summed E-state index contributed by atoms with van der Waals surface area (Å²) in [5, 5.41) is 19.3. The van der Waals surface area contributed by atoms with Gasteiger partial charge in [-0.2, -0.15) is 0 Å². The Morgan fingerprint density at radius 2 is 1.89 bits per heavy atom. The Morgan fingerprint density at radius 3 is 2.53 bits per heavy atom. The summed E-state index contributed by atoms with van der Waals surface area (Å²) in [6, 6.07) is 9.84. The van der Waals surface area contributed by atoms with E-state index in [-0.39, 0.29) is 5.41 Å². The standard InChI is InChI=1S/C15H19N3O/c1-14(2)9-6-10-15(14,19)13-11-16-17-18(13)12-7-4-3-5-8-12/h3-5,7-8,11,19H,6,9-10H2,1-2H3. The van der Waals surface area contributed by atoms with Crippen LogP contribution in [0.2, 0.25) is 0 Å². The highest BCUT2D eigenvalue weighted by molar-refractivity contribution is 5.34. The molecule has 0 bridgehead atoms. The molecule has 1 saturated carbocycles. The van der Waals surface area contributed by atoms with Crippen molar-refractivity contribution < 1.29 is 5.11 Å². The fraction of sp³-hybridized carbons (Fsp3) is 0.467. The Bertz CT molecular complexity index is 576. The van der Waals surface area contributed by atoms with Crippen LogP contribution in [0.4, 0.5) is 0 Å². The zero-order chi connectivity index (χ0) is 13.5. The molecule has 4 nitrogen and oxygen atoms in total. The lowest BCUT2D eigenvalue weighted by Crippen LogP contribution is -2.38. The van der Waals surface area contributed by atoms with E-state index in [9.17, 15) is 5.11 Å². The molecule has 3 rings (SSSR count). The first kappa shape index (κ1) is 12.4. The summed E-state index contributed by atoms with van der Waals surface area (Å²) in [6.45, 7) is 4.23. The van der Waals surface area contributed by atoms with Gasteiger partial charge in [-0.1, -0.05) is 37.3 Å². The van der Waals surface area contributed by atoms with Crippen LogP contribution in [-0.2, 0) is 5.60 Å². The monoisotopic (exact) mass is 257 g/mol. The van der Waals surface area contributed by atoms with Crippen molar-refractivity contribution in [2.45, 2.75) is 38.7 Å². The SMILES string of the molecule is CC1(C)CCCC1(O)c1cnnn1-c1ccccc1. The number of aromatic nitrogens is 3. The second-order valence-corrected chi connectivity index (χ2v) is 5.96. The fourth-order valence-electron chi connectivity index (χ4n) is 3.08. The first-order valence-corrected chi connectivity index (χ1v) is 6.74. The predicted octanol–water partition coefficient (Wildman–Crippen LogP) is 2.67. The normalized spacial score (nSPS) is 25.6. The molecule has 0 aliphatic heterocycles. The first-order valence-electron chi connectivity index (χ1n) is 6.74. The number of hydrogen-bond acceptors (Lipinski definition) is 3. The molecule has 1 fully saturated rings. The third-order valence-corrected chi connectivity index (χ3v) is 4.43. The maximum absolute atomic E-state index is 11.1. The van der Waals surface area contributed by atoms with E-state index in [1.54, 1.807) is 10.9 Å². The number of para-hydroxylation sites is 1. The van der Waals surface area contributed by atoms with Crippen LogP contribution in [0.15, 0.2) is 36.5 Å². The molecule has 1 aromatic heterocycles. The van der Waals surface area contributed by atoms with Crippen LogP contribution in [0, 0.1) is 5.41 Å². The minimum Gasteiger partial charge on any atom is -0.383 e. The molecule has 1 N–H and O–H groups in total. The van der Waals surface area contributed by atoms with Crippen LogP contribution < -0.4 is 0 Å². The van der Waals surface area contributed by atoms with E-state index in [4.69, 9.17) is 0 Å². The van der Waals surface area contributed by atoms with Gasteiger partial charge in [-0.15, -0.1) is 5.10 Å². The average molecular weight is 257 g/mol.